The third-order valence-electron chi connectivity index (χ3n) is 1.44. The van der Waals surface area contributed by atoms with E-state index in [4.69, 9.17) is 0 Å². The minimum absolute atomic E-state index is 0.165. The number of halogens is 4. The maximum Gasteiger partial charge on any atom is 0.408 e. The van der Waals surface area contributed by atoms with Gasteiger partial charge in [0.15, 0.2) is 5.69 Å². The van der Waals surface area contributed by atoms with E-state index in [1.54, 1.807) is 0 Å². The minimum Gasteiger partial charge on any atom is -0.464 e. The lowest BCUT2D eigenvalue weighted by Crippen LogP contribution is -2.18. The number of alkyl halides is 3. The van der Waals surface area contributed by atoms with E-state index in [-0.39, 0.29) is 10.2 Å². The molecule has 0 saturated carbocycles. The zero-order chi connectivity index (χ0) is 11.6. The number of esters is 1. The number of nitrogens with zero attached hydrogens (tertiary/aromatic N) is 2. The molecule has 8 heteroatoms. The molecule has 0 fully saturated rings. The van der Waals surface area contributed by atoms with Crippen molar-refractivity contribution >= 4 is 21.9 Å². The SMILES string of the molecule is COC(=O)c1nn(CC(F)(F)F)cc1Br. The van der Waals surface area contributed by atoms with Crippen molar-refractivity contribution in [3.8, 4) is 0 Å². The summed E-state index contributed by atoms with van der Waals surface area (Å²) in [5.74, 6) is -0.789. The van der Waals surface area contributed by atoms with Crippen LogP contribution in [0, 0.1) is 0 Å². The number of carbonyl (C=O) groups excluding carboxylic acids is 1. The summed E-state index contributed by atoms with van der Waals surface area (Å²) >= 11 is 2.91. The minimum atomic E-state index is -4.38. The van der Waals surface area contributed by atoms with Crippen LogP contribution in [0.15, 0.2) is 10.7 Å². The van der Waals surface area contributed by atoms with E-state index >= 15 is 0 Å². The van der Waals surface area contributed by atoms with Crippen molar-refractivity contribution < 1.29 is 22.7 Å². The number of hydrogen-bond donors (Lipinski definition) is 0. The summed E-state index contributed by atoms with van der Waals surface area (Å²) in [4.78, 5) is 11.0. The number of hydrogen-bond acceptors (Lipinski definition) is 3. The van der Waals surface area contributed by atoms with Gasteiger partial charge in [-0.15, -0.1) is 0 Å². The van der Waals surface area contributed by atoms with Gasteiger partial charge in [-0.2, -0.15) is 18.3 Å². The van der Waals surface area contributed by atoms with Crippen LogP contribution >= 0.6 is 15.9 Å². The molecule has 0 N–H and O–H groups in total. The number of ether oxygens (including phenoxy) is 1. The Morgan fingerprint density at radius 3 is 2.73 bits per heavy atom. The Morgan fingerprint density at radius 2 is 2.27 bits per heavy atom. The first-order valence-electron chi connectivity index (χ1n) is 3.71. The molecule has 1 aromatic heterocycles. The average Bonchev–Trinajstić information content (AvgIpc) is 2.42. The molecule has 0 atom stereocenters. The Morgan fingerprint density at radius 1 is 1.67 bits per heavy atom. The van der Waals surface area contributed by atoms with Gasteiger partial charge < -0.3 is 4.74 Å². The van der Waals surface area contributed by atoms with E-state index in [2.05, 4.69) is 25.8 Å². The average molecular weight is 287 g/mol. The van der Waals surface area contributed by atoms with E-state index in [1.807, 2.05) is 0 Å². The molecule has 15 heavy (non-hydrogen) atoms. The molecule has 0 aliphatic carbocycles. The van der Waals surface area contributed by atoms with Crippen molar-refractivity contribution in [1.82, 2.24) is 9.78 Å². The Bertz CT molecular complexity index is 375. The quantitative estimate of drug-likeness (QED) is 0.781. The standard InChI is InChI=1S/C7H6BrF3N2O2/c1-15-6(14)5-4(8)2-13(12-5)3-7(9,10)11/h2H,3H2,1H3. The van der Waals surface area contributed by atoms with Gasteiger partial charge in [0, 0.05) is 6.20 Å². The van der Waals surface area contributed by atoms with E-state index < -0.39 is 18.7 Å². The fourth-order valence-corrected chi connectivity index (χ4v) is 1.37. The van der Waals surface area contributed by atoms with Crippen LogP contribution in [0.25, 0.3) is 0 Å². The van der Waals surface area contributed by atoms with Gasteiger partial charge in [0.2, 0.25) is 0 Å². The van der Waals surface area contributed by atoms with Crippen molar-refractivity contribution in [2.45, 2.75) is 12.7 Å². The lowest BCUT2D eigenvalue weighted by Gasteiger charge is -2.04. The highest BCUT2D eigenvalue weighted by molar-refractivity contribution is 9.10. The molecular weight excluding hydrogens is 281 g/mol. The summed E-state index contributed by atoms with van der Waals surface area (Å²) in [5.41, 5.74) is -0.179. The summed E-state index contributed by atoms with van der Waals surface area (Å²) in [7, 11) is 1.12. The molecule has 0 saturated heterocycles. The van der Waals surface area contributed by atoms with E-state index in [1.165, 1.54) is 0 Å². The molecule has 0 aromatic carbocycles. The summed E-state index contributed by atoms with van der Waals surface area (Å²) < 4.78 is 41.0. The second-order valence-electron chi connectivity index (χ2n) is 2.63. The van der Waals surface area contributed by atoms with E-state index in [0.717, 1.165) is 13.3 Å². The molecule has 0 amide bonds. The largest absolute Gasteiger partial charge is 0.464 e. The number of rotatable bonds is 2. The Labute approximate surface area is 91.1 Å². The highest BCUT2D eigenvalue weighted by Gasteiger charge is 2.29. The predicted octanol–water partition coefficient (Wildman–Crippen LogP) is 1.99. The zero-order valence-corrected chi connectivity index (χ0v) is 9.09. The summed E-state index contributed by atoms with van der Waals surface area (Å²) in [6.07, 6.45) is -3.31. The van der Waals surface area contributed by atoms with Crippen LogP contribution in [0.1, 0.15) is 10.5 Å². The highest BCUT2D eigenvalue weighted by Crippen LogP contribution is 2.21. The molecule has 1 heterocycles. The lowest BCUT2D eigenvalue weighted by molar-refractivity contribution is -0.142. The second-order valence-corrected chi connectivity index (χ2v) is 3.48. The summed E-state index contributed by atoms with van der Waals surface area (Å²) in [6.45, 7) is -1.25. The second kappa shape index (κ2) is 4.21. The van der Waals surface area contributed by atoms with E-state index in [0.29, 0.717) is 4.68 Å². The summed E-state index contributed by atoms with van der Waals surface area (Å²) in [6, 6.07) is 0. The molecule has 84 valence electrons. The first-order chi connectivity index (χ1) is 6.83. The first kappa shape index (κ1) is 12.0. The van der Waals surface area contributed by atoms with Gasteiger partial charge in [0.05, 0.1) is 11.6 Å². The Balaban J connectivity index is 2.91. The first-order valence-corrected chi connectivity index (χ1v) is 4.51. The van der Waals surface area contributed by atoms with Crippen molar-refractivity contribution in [1.29, 1.82) is 0 Å². The molecule has 0 aliphatic rings. The molecular formula is C7H6BrF3N2O2. The van der Waals surface area contributed by atoms with Gasteiger partial charge in [0.1, 0.15) is 6.54 Å². The fraction of sp³-hybridized carbons (Fsp3) is 0.429. The topological polar surface area (TPSA) is 44.1 Å². The van der Waals surface area contributed by atoms with Crippen LogP contribution in [0.2, 0.25) is 0 Å². The van der Waals surface area contributed by atoms with Crippen molar-refractivity contribution in [2.24, 2.45) is 0 Å². The maximum absolute atomic E-state index is 12.0. The number of carbonyl (C=O) groups is 1. The Hall–Kier alpha value is -1.05. The summed E-state index contributed by atoms with van der Waals surface area (Å²) in [5, 5.41) is 3.44. The smallest absolute Gasteiger partial charge is 0.408 e. The van der Waals surface area contributed by atoms with Gasteiger partial charge in [0.25, 0.3) is 0 Å². The Kier molecular flexibility index (Phi) is 3.38. The molecule has 0 unspecified atom stereocenters. The molecule has 0 spiro atoms. The fourth-order valence-electron chi connectivity index (χ4n) is 0.897. The van der Waals surface area contributed by atoms with E-state index in [9.17, 15) is 18.0 Å². The highest BCUT2D eigenvalue weighted by atomic mass is 79.9. The normalized spacial score (nSPS) is 11.5. The van der Waals surface area contributed by atoms with Crippen LogP contribution in [0.3, 0.4) is 0 Å². The van der Waals surface area contributed by atoms with Crippen LogP contribution in [0.5, 0.6) is 0 Å². The van der Waals surface area contributed by atoms with Crippen LogP contribution in [-0.4, -0.2) is 29.0 Å². The van der Waals surface area contributed by atoms with Gasteiger partial charge in [-0.1, -0.05) is 0 Å². The molecule has 0 aliphatic heterocycles. The van der Waals surface area contributed by atoms with Crippen LogP contribution < -0.4 is 0 Å². The molecule has 1 aromatic rings. The van der Waals surface area contributed by atoms with Crippen molar-refractivity contribution in [3.63, 3.8) is 0 Å². The van der Waals surface area contributed by atoms with Crippen molar-refractivity contribution in [3.05, 3.63) is 16.4 Å². The molecule has 1 rings (SSSR count). The molecule has 0 bridgehead atoms. The monoisotopic (exact) mass is 286 g/mol. The third-order valence-corrected chi connectivity index (χ3v) is 2.02. The maximum atomic E-state index is 12.0. The third kappa shape index (κ3) is 3.22. The van der Waals surface area contributed by atoms with Crippen LogP contribution in [0.4, 0.5) is 13.2 Å². The van der Waals surface area contributed by atoms with Gasteiger partial charge >= 0.3 is 12.1 Å². The zero-order valence-electron chi connectivity index (χ0n) is 7.51. The van der Waals surface area contributed by atoms with Gasteiger partial charge in [-0.05, 0) is 15.9 Å². The number of methoxy groups -OCH3 is 1. The number of aromatic nitrogens is 2. The van der Waals surface area contributed by atoms with Crippen LogP contribution in [-0.2, 0) is 11.3 Å². The van der Waals surface area contributed by atoms with Crippen molar-refractivity contribution in [2.75, 3.05) is 7.11 Å². The molecule has 4 nitrogen and oxygen atoms in total. The molecule has 0 radical (unpaired) electrons. The predicted molar refractivity (Wildman–Crippen MR) is 47.3 cm³/mol. The van der Waals surface area contributed by atoms with Gasteiger partial charge in [-0.25, -0.2) is 4.79 Å². The van der Waals surface area contributed by atoms with Gasteiger partial charge in [-0.3, -0.25) is 4.68 Å². The lowest BCUT2D eigenvalue weighted by atomic mass is 10.4.